The van der Waals surface area contributed by atoms with E-state index in [2.05, 4.69) is 72.5 Å². The van der Waals surface area contributed by atoms with Gasteiger partial charge in [-0.15, -0.1) is 0 Å². The Bertz CT molecular complexity index is 1510. The summed E-state index contributed by atoms with van der Waals surface area (Å²) in [5, 5.41) is 4.06. The SMILES string of the molecule is CCN1C(=C2SC(=Nc3ccc4ccccc4c3)N(CCc3ccccc3)C2=O)Sc2ccccc21. The van der Waals surface area contributed by atoms with Crippen LogP contribution in [0.5, 0.6) is 0 Å². The molecule has 2 aliphatic rings. The second-order valence-corrected chi connectivity index (χ2v) is 10.7. The zero-order chi connectivity index (χ0) is 24.5. The average Bonchev–Trinajstić information content (AvgIpc) is 3.44. The maximum atomic E-state index is 13.9. The fourth-order valence-corrected chi connectivity index (χ4v) is 6.99. The minimum absolute atomic E-state index is 0.0317. The maximum Gasteiger partial charge on any atom is 0.269 e. The topological polar surface area (TPSA) is 35.9 Å². The molecule has 2 heterocycles. The highest BCUT2D eigenvalue weighted by molar-refractivity contribution is 8.19. The van der Waals surface area contributed by atoms with Crippen molar-refractivity contribution in [3.63, 3.8) is 0 Å². The van der Waals surface area contributed by atoms with Gasteiger partial charge in [-0.1, -0.05) is 84.6 Å². The summed E-state index contributed by atoms with van der Waals surface area (Å²) in [6.07, 6.45) is 0.775. The smallest absolute Gasteiger partial charge is 0.269 e. The number of aliphatic imine (C=N–C) groups is 1. The number of thioether (sulfide) groups is 2. The normalized spacial score (nSPS) is 18.5. The minimum atomic E-state index is 0.0317. The van der Waals surface area contributed by atoms with Crippen LogP contribution in [0.1, 0.15) is 12.5 Å². The van der Waals surface area contributed by atoms with Crippen LogP contribution in [0, 0.1) is 0 Å². The van der Waals surface area contributed by atoms with E-state index in [1.54, 1.807) is 11.8 Å². The lowest BCUT2D eigenvalue weighted by Gasteiger charge is -2.19. The molecule has 0 atom stereocenters. The molecular weight excluding hydrogens is 482 g/mol. The Morgan fingerprint density at radius 3 is 2.36 bits per heavy atom. The van der Waals surface area contributed by atoms with E-state index in [4.69, 9.17) is 4.99 Å². The molecule has 1 amide bonds. The molecule has 36 heavy (non-hydrogen) atoms. The molecule has 0 saturated carbocycles. The monoisotopic (exact) mass is 507 g/mol. The summed E-state index contributed by atoms with van der Waals surface area (Å²) in [6, 6.07) is 33.1. The number of hydrogen-bond donors (Lipinski definition) is 0. The van der Waals surface area contributed by atoms with Gasteiger partial charge in [-0.05, 0) is 65.7 Å². The Balaban J connectivity index is 1.39. The number of carbonyl (C=O) groups is 1. The summed E-state index contributed by atoms with van der Waals surface area (Å²) >= 11 is 3.17. The zero-order valence-electron chi connectivity index (χ0n) is 19.9. The molecule has 4 nitrogen and oxygen atoms in total. The van der Waals surface area contributed by atoms with Gasteiger partial charge in [0.1, 0.15) is 9.93 Å². The molecular formula is C30H25N3OS2. The van der Waals surface area contributed by atoms with Crippen molar-refractivity contribution in [3.05, 3.63) is 113 Å². The number of amidine groups is 1. The Labute approximate surface area is 219 Å². The predicted molar refractivity (Wildman–Crippen MR) is 153 cm³/mol. The first-order chi connectivity index (χ1) is 17.7. The molecule has 178 valence electrons. The molecule has 0 aromatic heterocycles. The quantitative estimate of drug-likeness (QED) is 0.263. The lowest BCUT2D eigenvalue weighted by molar-refractivity contribution is -0.122. The van der Waals surface area contributed by atoms with Crippen molar-refractivity contribution in [2.45, 2.75) is 18.2 Å². The summed E-state index contributed by atoms with van der Waals surface area (Å²) in [6.45, 7) is 3.52. The molecule has 0 unspecified atom stereocenters. The lowest BCUT2D eigenvalue weighted by Crippen LogP contribution is -2.32. The van der Waals surface area contributed by atoms with Crippen LogP contribution in [0.3, 0.4) is 0 Å². The fraction of sp³-hybridized carbons (Fsp3) is 0.133. The van der Waals surface area contributed by atoms with E-state index in [1.165, 1.54) is 27.6 Å². The molecule has 0 bridgehead atoms. The first-order valence-corrected chi connectivity index (χ1v) is 13.7. The molecule has 4 aromatic carbocycles. The van der Waals surface area contributed by atoms with Gasteiger partial charge in [0.15, 0.2) is 5.17 Å². The van der Waals surface area contributed by atoms with Crippen molar-refractivity contribution in [2.75, 3.05) is 18.0 Å². The largest absolute Gasteiger partial charge is 0.334 e. The fourth-order valence-electron chi connectivity index (χ4n) is 4.58. The van der Waals surface area contributed by atoms with E-state index in [9.17, 15) is 4.79 Å². The number of rotatable bonds is 5. The standard InChI is InChI=1S/C30H25N3OS2/c1-2-32-25-14-8-9-15-26(25)35-29(32)27-28(34)33(19-18-21-10-4-3-5-11-21)30(36-27)31-24-17-16-22-12-6-7-13-23(22)20-24/h3-17,20H,2,18-19H2,1H3. The number of para-hydroxylation sites is 1. The third-order valence-electron chi connectivity index (χ3n) is 6.41. The van der Waals surface area contributed by atoms with Crippen LogP contribution in [-0.2, 0) is 11.2 Å². The summed E-state index contributed by atoms with van der Waals surface area (Å²) in [5.74, 6) is 0.0317. The lowest BCUT2D eigenvalue weighted by atomic mass is 10.1. The summed E-state index contributed by atoms with van der Waals surface area (Å²) in [7, 11) is 0. The highest BCUT2D eigenvalue weighted by Crippen LogP contribution is 2.50. The minimum Gasteiger partial charge on any atom is -0.334 e. The second kappa shape index (κ2) is 9.88. The molecule has 1 fully saturated rings. The molecule has 0 radical (unpaired) electrons. The van der Waals surface area contributed by atoms with E-state index in [0.717, 1.165) is 44.8 Å². The van der Waals surface area contributed by atoms with Crippen LogP contribution >= 0.6 is 23.5 Å². The molecule has 4 aromatic rings. The van der Waals surface area contributed by atoms with Crippen molar-refractivity contribution < 1.29 is 4.79 Å². The molecule has 0 N–H and O–H groups in total. The van der Waals surface area contributed by atoms with Gasteiger partial charge in [0.2, 0.25) is 0 Å². The number of anilines is 1. The van der Waals surface area contributed by atoms with Gasteiger partial charge < -0.3 is 4.90 Å². The Kier molecular flexibility index (Phi) is 6.30. The van der Waals surface area contributed by atoms with Crippen LogP contribution in [-0.4, -0.2) is 29.1 Å². The molecule has 2 aliphatic heterocycles. The number of hydrogen-bond acceptors (Lipinski definition) is 5. The van der Waals surface area contributed by atoms with Crippen LogP contribution < -0.4 is 4.90 Å². The molecule has 0 spiro atoms. The predicted octanol–water partition coefficient (Wildman–Crippen LogP) is 7.45. The van der Waals surface area contributed by atoms with Gasteiger partial charge in [0, 0.05) is 18.0 Å². The first-order valence-electron chi connectivity index (χ1n) is 12.1. The number of benzene rings is 4. The van der Waals surface area contributed by atoms with Crippen molar-refractivity contribution in [1.82, 2.24) is 4.90 Å². The summed E-state index contributed by atoms with van der Waals surface area (Å²) < 4.78 is 0. The third kappa shape index (κ3) is 4.31. The van der Waals surface area contributed by atoms with E-state index in [0.29, 0.717) is 6.54 Å². The van der Waals surface area contributed by atoms with Crippen LogP contribution in [0.4, 0.5) is 11.4 Å². The Morgan fingerprint density at radius 1 is 0.778 bits per heavy atom. The molecule has 6 rings (SSSR count). The molecule has 0 aliphatic carbocycles. The van der Waals surface area contributed by atoms with E-state index in [-0.39, 0.29) is 5.91 Å². The highest BCUT2D eigenvalue weighted by Gasteiger charge is 2.39. The van der Waals surface area contributed by atoms with Gasteiger partial charge in [-0.3, -0.25) is 9.69 Å². The Morgan fingerprint density at radius 2 is 1.53 bits per heavy atom. The van der Waals surface area contributed by atoms with E-state index >= 15 is 0 Å². The van der Waals surface area contributed by atoms with Crippen molar-refractivity contribution in [2.24, 2.45) is 4.99 Å². The van der Waals surface area contributed by atoms with Gasteiger partial charge in [-0.25, -0.2) is 4.99 Å². The first kappa shape index (κ1) is 23.0. The van der Waals surface area contributed by atoms with Crippen molar-refractivity contribution >= 4 is 56.7 Å². The Hall–Kier alpha value is -3.48. The van der Waals surface area contributed by atoms with Crippen molar-refractivity contribution in [1.29, 1.82) is 0 Å². The van der Waals surface area contributed by atoms with Gasteiger partial charge >= 0.3 is 0 Å². The highest BCUT2D eigenvalue weighted by atomic mass is 32.2. The third-order valence-corrected chi connectivity index (χ3v) is 8.79. The second-order valence-electron chi connectivity index (χ2n) is 8.67. The van der Waals surface area contributed by atoms with E-state index in [1.807, 2.05) is 41.3 Å². The van der Waals surface area contributed by atoms with Gasteiger partial charge in [-0.2, -0.15) is 0 Å². The number of fused-ring (bicyclic) bond motifs is 2. The number of nitrogens with zero attached hydrogens (tertiary/aromatic N) is 3. The molecule has 1 saturated heterocycles. The van der Waals surface area contributed by atoms with Crippen LogP contribution in [0.15, 0.2) is 117 Å². The van der Waals surface area contributed by atoms with E-state index < -0.39 is 0 Å². The summed E-state index contributed by atoms with van der Waals surface area (Å²) in [5.41, 5.74) is 3.23. The van der Waals surface area contributed by atoms with Gasteiger partial charge in [0.05, 0.1) is 11.4 Å². The molecule has 6 heteroatoms. The number of amides is 1. The average molecular weight is 508 g/mol. The van der Waals surface area contributed by atoms with Gasteiger partial charge in [0.25, 0.3) is 5.91 Å². The number of carbonyl (C=O) groups excluding carboxylic acids is 1. The van der Waals surface area contributed by atoms with Crippen LogP contribution in [0.2, 0.25) is 0 Å². The summed E-state index contributed by atoms with van der Waals surface area (Å²) in [4.78, 5) is 24.9. The zero-order valence-corrected chi connectivity index (χ0v) is 21.6. The van der Waals surface area contributed by atoms with Crippen LogP contribution in [0.25, 0.3) is 10.8 Å². The van der Waals surface area contributed by atoms with Crippen molar-refractivity contribution in [3.8, 4) is 0 Å². The maximum absolute atomic E-state index is 13.9.